The number of nitrogens with one attached hydrogen (secondary N) is 5. The number of aryl methyl sites for hydroxylation is 4. The van der Waals surface area contributed by atoms with Gasteiger partial charge in [0.05, 0.1) is 22.7 Å². The molecular weight excluding hydrogens is 654 g/mol. The monoisotopic (exact) mass is 703 g/mol. The number of aromatic nitrogens is 4. The molecule has 16 nitrogen and oxygen atoms in total. The molecule has 51 heavy (non-hydrogen) atoms. The van der Waals surface area contributed by atoms with Crippen LogP contribution in [0.4, 0.5) is 22.7 Å². The number of rotatable bonds is 16. The zero-order chi connectivity index (χ0) is 37.4. The number of hydrogen-bond acceptors (Lipinski definition) is 7. The molecule has 274 valence electrons. The van der Waals surface area contributed by atoms with Gasteiger partial charge in [-0.05, 0) is 78.4 Å². The number of amides is 5. The minimum Gasteiger partial charge on any atom is -0.351 e. The van der Waals surface area contributed by atoms with E-state index in [1.165, 1.54) is 0 Å². The maximum Gasteiger partial charge on any atom is 0.272 e. The fraction of sp³-hybridized carbons (Fsp3) is 0.400. The van der Waals surface area contributed by atoms with E-state index in [1.54, 1.807) is 95.5 Å². The Morgan fingerprint density at radius 2 is 0.843 bits per heavy atom. The lowest BCUT2D eigenvalue weighted by Crippen LogP contribution is -2.28. The molecule has 4 aromatic rings. The summed E-state index contributed by atoms with van der Waals surface area (Å²) in [5.41, 5.74) is 3.07. The Morgan fingerprint density at radius 1 is 0.510 bits per heavy atom. The summed E-state index contributed by atoms with van der Waals surface area (Å²) in [6, 6.07) is 6.31. The van der Waals surface area contributed by atoms with Crippen LogP contribution >= 0.6 is 0 Å². The van der Waals surface area contributed by atoms with E-state index in [-0.39, 0.29) is 23.2 Å². The van der Waals surface area contributed by atoms with Gasteiger partial charge in [-0.1, -0.05) is 0 Å². The second-order valence-corrected chi connectivity index (χ2v) is 13.1. The molecule has 0 fully saturated rings. The average molecular weight is 704 g/mol. The lowest BCUT2D eigenvalue weighted by molar-refractivity contribution is -0.116. The van der Waals surface area contributed by atoms with Gasteiger partial charge in [0.25, 0.3) is 23.6 Å². The molecule has 0 saturated carbocycles. The molecule has 0 spiro atoms. The van der Waals surface area contributed by atoms with Crippen molar-refractivity contribution in [2.75, 3.05) is 69.1 Å². The molecule has 5 amide bonds. The van der Waals surface area contributed by atoms with Gasteiger partial charge in [-0.15, -0.1) is 0 Å². The Balaban J connectivity index is 1.34. The Morgan fingerprint density at radius 3 is 1.22 bits per heavy atom. The van der Waals surface area contributed by atoms with Crippen LogP contribution in [-0.4, -0.2) is 105 Å². The van der Waals surface area contributed by atoms with Crippen molar-refractivity contribution in [3.05, 3.63) is 71.8 Å². The third-order valence-corrected chi connectivity index (χ3v) is 8.08. The van der Waals surface area contributed by atoms with E-state index >= 15 is 0 Å². The van der Waals surface area contributed by atoms with Crippen molar-refractivity contribution in [2.24, 2.45) is 28.2 Å². The second kappa shape index (κ2) is 16.9. The van der Waals surface area contributed by atoms with Crippen molar-refractivity contribution in [1.29, 1.82) is 0 Å². The number of anilines is 4. The summed E-state index contributed by atoms with van der Waals surface area (Å²) < 4.78 is 6.43. The highest BCUT2D eigenvalue weighted by Crippen LogP contribution is 2.21. The molecule has 4 rings (SSSR count). The van der Waals surface area contributed by atoms with E-state index in [0.29, 0.717) is 47.1 Å². The summed E-state index contributed by atoms with van der Waals surface area (Å²) >= 11 is 0. The molecule has 0 aliphatic carbocycles. The first-order valence-corrected chi connectivity index (χ1v) is 16.6. The molecule has 4 heterocycles. The summed E-state index contributed by atoms with van der Waals surface area (Å²) in [7, 11) is 14.7. The highest BCUT2D eigenvalue weighted by Gasteiger charge is 2.20. The summed E-state index contributed by atoms with van der Waals surface area (Å²) in [6.45, 7) is 2.19. The van der Waals surface area contributed by atoms with E-state index in [1.807, 2.05) is 38.0 Å². The quantitative estimate of drug-likeness (QED) is 0.112. The summed E-state index contributed by atoms with van der Waals surface area (Å²) in [5, 5.41) is 14.2. The zero-order valence-corrected chi connectivity index (χ0v) is 30.6. The minimum absolute atomic E-state index is 0.128. The SMILES string of the molecule is CN(C)CCCNC(=O)c1cc(NC(=O)c2cc(NC(=O)c3cc(NC(=O)c4cc(NC(=O)CCCN(C)C)cn4C)cn3C)cn2C)cn1C. The van der Waals surface area contributed by atoms with Crippen molar-refractivity contribution >= 4 is 52.3 Å². The summed E-state index contributed by atoms with van der Waals surface area (Å²) in [6.07, 6.45) is 8.47. The molecule has 0 radical (unpaired) electrons. The summed E-state index contributed by atoms with van der Waals surface area (Å²) in [4.78, 5) is 68.5. The van der Waals surface area contributed by atoms with Gasteiger partial charge in [-0.2, -0.15) is 0 Å². The Kier molecular flexibility index (Phi) is 12.6. The van der Waals surface area contributed by atoms with Crippen LogP contribution in [0.5, 0.6) is 0 Å². The fourth-order valence-corrected chi connectivity index (χ4v) is 5.49. The van der Waals surface area contributed by atoms with Gasteiger partial charge in [0.1, 0.15) is 22.8 Å². The molecule has 0 aliphatic rings. The third kappa shape index (κ3) is 10.4. The van der Waals surface area contributed by atoms with Crippen LogP contribution in [0.2, 0.25) is 0 Å². The van der Waals surface area contributed by atoms with Gasteiger partial charge >= 0.3 is 0 Å². The van der Waals surface area contributed by atoms with E-state index in [9.17, 15) is 24.0 Å². The molecule has 0 bridgehead atoms. The van der Waals surface area contributed by atoms with Gasteiger partial charge in [-0.3, -0.25) is 24.0 Å². The smallest absolute Gasteiger partial charge is 0.272 e. The number of nitrogens with zero attached hydrogens (tertiary/aromatic N) is 6. The topological polar surface area (TPSA) is 172 Å². The van der Waals surface area contributed by atoms with Crippen molar-refractivity contribution in [3.8, 4) is 0 Å². The highest BCUT2D eigenvalue weighted by atomic mass is 16.2. The van der Waals surface area contributed by atoms with Gasteiger partial charge in [0.2, 0.25) is 5.91 Å². The maximum absolute atomic E-state index is 13.2. The molecular formula is C35H49N11O5. The van der Waals surface area contributed by atoms with Gasteiger partial charge in [0.15, 0.2) is 0 Å². The van der Waals surface area contributed by atoms with Gasteiger partial charge in [0, 0.05) is 65.9 Å². The summed E-state index contributed by atoms with van der Waals surface area (Å²) in [5.74, 6) is -1.63. The van der Waals surface area contributed by atoms with Gasteiger partial charge < -0.3 is 54.7 Å². The lowest BCUT2D eigenvalue weighted by atomic mass is 10.3. The molecule has 16 heteroatoms. The molecule has 0 aromatic carbocycles. The Bertz CT molecular complexity index is 1890. The Labute approximate surface area is 297 Å². The highest BCUT2D eigenvalue weighted by molar-refractivity contribution is 6.09. The average Bonchev–Trinajstić information content (AvgIpc) is 3.80. The fourth-order valence-electron chi connectivity index (χ4n) is 5.49. The van der Waals surface area contributed by atoms with Crippen molar-refractivity contribution in [2.45, 2.75) is 19.3 Å². The zero-order valence-electron chi connectivity index (χ0n) is 30.6. The van der Waals surface area contributed by atoms with Crippen LogP contribution in [0.15, 0.2) is 49.1 Å². The molecule has 0 atom stereocenters. The Hall–Kier alpha value is -5.61. The molecule has 5 N–H and O–H groups in total. The number of carbonyl (C=O) groups is 5. The lowest BCUT2D eigenvalue weighted by Gasteiger charge is -2.10. The van der Waals surface area contributed by atoms with Crippen LogP contribution in [0, 0.1) is 0 Å². The second-order valence-electron chi connectivity index (χ2n) is 13.1. The van der Waals surface area contributed by atoms with Crippen molar-refractivity contribution in [3.63, 3.8) is 0 Å². The first-order chi connectivity index (χ1) is 24.1. The standard InChI is InChI=1S/C35H49N11O5/c1-41(2)13-9-11-31(47)37-23-15-28(44(6)19-23)33(49)39-25-17-30(46(8)21-25)35(51)40-26-18-29(45(7)22-26)34(50)38-24-16-27(43(5)20-24)32(48)36-12-10-14-42(3)4/h15-22H,9-14H2,1-8H3,(H,36,48)(H,37,47)(H,38,50)(H,39,49)(H,40,51). The molecule has 0 aliphatic heterocycles. The molecule has 4 aromatic heterocycles. The van der Waals surface area contributed by atoms with Crippen LogP contribution in [-0.2, 0) is 33.0 Å². The number of hydrogen-bond donors (Lipinski definition) is 5. The van der Waals surface area contributed by atoms with Crippen LogP contribution in [0.25, 0.3) is 0 Å². The molecule has 0 unspecified atom stereocenters. The van der Waals surface area contributed by atoms with Crippen molar-refractivity contribution in [1.82, 2.24) is 33.4 Å². The van der Waals surface area contributed by atoms with E-state index in [4.69, 9.17) is 0 Å². The van der Waals surface area contributed by atoms with Crippen LogP contribution < -0.4 is 26.6 Å². The van der Waals surface area contributed by atoms with Gasteiger partial charge in [-0.25, -0.2) is 0 Å². The third-order valence-electron chi connectivity index (χ3n) is 8.08. The first-order valence-electron chi connectivity index (χ1n) is 16.6. The normalized spacial score (nSPS) is 11.2. The van der Waals surface area contributed by atoms with Crippen molar-refractivity contribution < 1.29 is 24.0 Å². The number of carbonyl (C=O) groups excluding carboxylic acids is 5. The minimum atomic E-state index is -0.446. The first kappa shape index (κ1) is 38.2. The molecule has 0 saturated heterocycles. The van der Waals surface area contributed by atoms with E-state index < -0.39 is 17.7 Å². The largest absolute Gasteiger partial charge is 0.351 e. The van der Waals surface area contributed by atoms with E-state index in [0.717, 1.165) is 25.9 Å². The van der Waals surface area contributed by atoms with E-state index in [2.05, 4.69) is 26.6 Å². The maximum atomic E-state index is 13.2. The predicted octanol–water partition coefficient (Wildman–Crippen LogP) is 2.76. The predicted molar refractivity (Wildman–Crippen MR) is 197 cm³/mol. The van der Waals surface area contributed by atoms with Crippen LogP contribution in [0.1, 0.15) is 61.2 Å². The van der Waals surface area contributed by atoms with Crippen LogP contribution in [0.3, 0.4) is 0 Å².